The molecule has 14 heavy (non-hydrogen) atoms. The van der Waals surface area contributed by atoms with Crippen LogP contribution in [0.2, 0.25) is 0 Å². The van der Waals surface area contributed by atoms with Gasteiger partial charge in [-0.3, -0.25) is 0 Å². The molecule has 0 saturated heterocycles. The van der Waals surface area contributed by atoms with Crippen LogP contribution in [0, 0.1) is 0 Å². The lowest BCUT2D eigenvalue weighted by Gasteiger charge is -2.01. The van der Waals surface area contributed by atoms with Gasteiger partial charge in [-0.1, -0.05) is 4.13 Å². The molecule has 0 aliphatic carbocycles. The van der Waals surface area contributed by atoms with Gasteiger partial charge in [0.1, 0.15) is 0 Å². The van der Waals surface area contributed by atoms with Gasteiger partial charge in [0.2, 0.25) is 0 Å². The molecule has 86 valence electrons. The molecule has 0 heterocycles. The Balaban J connectivity index is 4.30. The molecule has 0 aromatic heterocycles. The van der Waals surface area contributed by atoms with Crippen molar-refractivity contribution in [1.82, 2.24) is 12.4 Å². The molecule has 0 amide bonds. The van der Waals surface area contributed by atoms with Crippen molar-refractivity contribution in [3.05, 3.63) is 0 Å². The van der Waals surface area contributed by atoms with Crippen molar-refractivity contribution in [2.45, 2.75) is 0 Å². The molecule has 3 atom stereocenters. The highest BCUT2D eigenvalue weighted by Gasteiger charge is 2.17. The summed E-state index contributed by atoms with van der Waals surface area (Å²) in [5, 5.41) is 0. The number of nitrogens with one attached hydrogen (secondary N) is 3. The van der Waals surface area contributed by atoms with Crippen LogP contribution in [0.5, 0.6) is 0 Å². The van der Waals surface area contributed by atoms with E-state index in [4.69, 9.17) is 0 Å². The predicted octanol–water partition coefficient (Wildman–Crippen LogP) is -2.32. The minimum atomic E-state index is -4.66. The summed E-state index contributed by atoms with van der Waals surface area (Å²) in [4.78, 5) is 0. The predicted molar refractivity (Wildman–Crippen MR) is 45.0 cm³/mol. The summed E-state index contributed by atoms with van der Waals surface area (Å²) >= 11 is -9.38. The van der Waals surface area contributed by atoms with Crippen LogP contribution in [0.25, 0.3) is 0 Å². The normalized spacial score (nSPS) is 18.7. The van der Waals surface area contributed by atoms with Crippen molar-refractivity contribution < 1.29 is 28.8 Å². The molecule has 0 bridgehead atoms. The van der Waals surface area contributed by atoms with Crippen molar-refractivity contribution in [2.75, 3.05) is 0 Å². The second-order valence-electron chi connectivity index (χ2n) is 1.47. The molecule has 0 aromatic rings. The first-order chi connectivity index (χ1) is 6.23. The van der Waals surface area contributed by atoms with E-state index in [9.17, 15) is 28.8 Å². The molecule has 14 heteroatoms. The average molecular weight is 291 g/mol. The summed E-state index contributed by atoms with van der Waals surface area (Å²) in [6.45, 7) is 0. The third kappa shape index (κ3) is 7.54. The van der Waals surface area contributed by atoms with E-state index in [0.717, 1.165) is 12.4 Å². The van der Waals surface area contributed by atoms with Crippen molar-refractivity contribution >= 4 is 44.1 Å². The summed E-state index contributed by atoms with van der Waals surface area (Å²) in [5.74, 6) is 0. The topological polar surface area (TPSA) is 121 Å². The van der Waals surface area contributed by atoms with Crippen molar-refractivity contribution in [3.8, 4) is 0 Å². The Hall–Kier alpha value is 0.140. The summed E-state index contributed by atoms with van der Waals surface area (Å²) < 4.78 is 77.1. The van der Waals surface area contributed by atoms with Gasteiger partial charge in [0.05, 0.1) is 0 Å². The van der Waals surface area contributed by atoms with E-state index in [0.29, 0.717) is 0 Å². The standard InChI is InChI=1S/F2H3N3O5S4/c1-11(6)3-13(8)5-14(9,10)4-12(2)7/h3-5H. The van der Waals surface area contributed by atoms with E-state index in [-0.39, 0.29) is 0 Å². The second kappa shape index (κ2) is 5.89. The highest BCUT2D eigenvalue weighted by molar-refractivity contribution is 8.07. The minimum Gasteiger partial charge on any atom is -0.223 e. The van der Waals surface area contributed by atoms with Crippen LogP contribution in [-0.4, -0.2) is 21.0 Å². The summed E-state index contributed by atoms with van der Waals surface area (Å²) in [5.41, 5.74) is 0. The number of rotatable bonds is 6. The van der Waals surface area contributed by atoms with E-state index >= 15 is 0 Å². The van der Waals surface area contributed by atoms with Crippen LogP contribution in [0.15, 0.2) is 0 Å². The van der Waals surface area contributed by atoms with Crippen LogP contribution >= 0.6 is 0 Å². The van der Waals surface area contributed by atoms with Crippen LogP contribution < -0.4 is 12.4 Å². The second-order valence-corrected chi connectivity index (χ2v) is 5.91. The fourth-order valence-corrected chi connectivity index (χ4v) is 3.13. The summed E-state index contributed by atoms with van der Waals surface area (Å²) in [7, 11) is -4.66. The molecule has 0 spiro atoms. The Morgan fingerprint density at radius 1 is 0.929 bits per heavy atom. The molecule has 0 saturated carbocycles. The van der Waals surface area contributed by atoms with Crippen LogP contribution in [0.3, 0.4) is 0 Å². The van der Waals surface area contributed by atoms with Crippen LogP contribution in [0.1, 0.15) is 0 Å². The van der Waals surface area contributed by atoms with E-state index in [1.54, 1.807) is 0 Å². The van der Waals surface area contributed by atoms with E-state index in [1.165, 1.54) is 0 Å². The quantitative estimate of drug-likeness (QED) is 0.474. The Morgan fingerprint density at radius 2 is 1.43 bits per heavy atom. The molecule has 0 radical (unpaired) electrons. The first kappa shape index (κ1) is 14.1. The third-order valence-corrected chi connectivity index (χ3v) is 4.52. The molecule has 0 fully saturated rings. The molecular formula is H3F2N3O5S4. The van der Waals surface area contributed by atoms with Gasteiger partial charge in [-0.25, -0.2) is 12.6 Å². The lowest BCUT2D eigenvalue weighted by atomic mass is 13.8. The van der Waals surface area contributed by atoms with E-state index in [2.05, 4.69) is 0 Å². The molecule has 0 aliphatic rings. The van der Waals surface area contributed by atoms with Gasteiger partial charge >= 0.3 is 10.2 Å². The number of halogens is 2. The first-order valence-corrected chi connectivity index (χ1v) is 7.10. The zero-order valence-electron chi connectivity index (χ0n) is 5.93. The lowest BCUT2D eigenvalue weighted by Crippen LogP contribution is -2.41. The Kier molecular flexibility index (Phi) is 5.94. The Morgan fingerprint density at radius 3 is 1.79 bits per heavy atom. The SMILES string of the molecule is O=S(F)NS(=O)NS(=O)(=O)NS(=O)F. The summed E-state index contributed by atoms with van der Waals surface area (Å²) in [6, 6.07) is 0. The lowest BCUT2D eigenvalue weighted by molar-refractivity contribution is 0.586. The fourth-order valence-electron chi connectivity index (χ4n) is 0.279. The Labute approximate surface area is 85.5 Å². The Bertz CT molecular complexity index is 361. The first-order valence-electron chi connectivity index (χ1n) is 2.37. The van der Waals surface area contributed by atoms with Crippen molar-refractivity contribution in [1.29, 1.82) is 0 Å². The number of hydrogen-bond donors (Lipinski definition) is 3. The van der Waals surface area contributed by atoms with Crippen molar-refractivity contribution in [3.63, 3.8) is 0 Å². The highest BCUT2D eigenvalue weighted by Crippen LogP contribution is 1.85. The van der Waals surface area contributed by atoms with Gasteiger partial charge in [-0.05, 0) is 0 Å². The molecule has 3 N–H and O–H groups in total. The summed E-state index contributed by atoms with van der Waals surface area (Å²) in [6.07, 6.45) is 0. The largest absolute Gasteiger partial charge is 0.302 e. The average Bonchev–Trinajstić information content (AvgIpc) is 1.77. The van der Waals surface area contributed by atoms with Gasteiger partial charge in [0.15, 0.2) is 11.2 Å². The van der Waals surface area contributed by atoms with Crippen LogP contribution in [-0.2, 0) is 44.1 Å². The molecular weight excluding hydrogens is 288 g/mol. The maximum Gasteiger partial charge on any atom is 0.302 e. The molecule has 0 rings (SSSR count). The van der Waals surface area contributed by atoms with Gasteiger partial charge < -0.3 is 0 Å². The van der Waals surface area contributed by atoms with Crippen molar-refractivity contribution in [2.24, 2.45) is 0 Å². The maximum absolute atomic E-state index is 11.6. The number of hydrogen-bond acceptors (Lipinski definition) is 5. The molecule has 0 aromatic carbocycles. The van der Waals surface area contributed by atoms with E-state index in [1.807, 2.05) is 0 Å². The highest BCUT2D eigenvalue weighted by atomic mass is 32.3. The van der Waals surface area contributed by atoms with Gasteiger partial charge in [-0.2, -0.15) is 8.42 Å². The zero-order chi connectivity index (χ0) is 11.4. The monoisotopic (exact) mass is 291 g/mol. The molecule has 3 unspecified atom stereocenters. The third-order valence-electron chi connectivity index (χ3n) is 0.502. The smallest absolute Gasteiger partial charge is 0.223 e. The van der Waals surface area contributed by atoms with Gasteiger partial charge in [0, 0.05) is 0 Å². The molecule has 0 aliphatic heterocycles. The van der Waals surface area contributed by atoms with Gasteiger partial charge in [0.25, 0.3) is 22.7 Å². The zero-order valence-corrected chi connectivity index (χ0v) is 9.20. The maximum atomic E-state index is 11.6. The fraction of sp³-hybridized carbons (Fsp3) is 0. The van der Waals surface area contributed by atoms with Gasteiger partial charge in [-0.15, -0.1) is 16.0 Å². The minimum absolute atomic E-state index is 0.835. The molecule has 8 nitrogen and oxygen atoms in total. The van der Waals surface area contributed by atoms with E-state index < -0.39 is 44.1 Å². The van der Waals surface area contributed by atoms with Crippen LogP contribution in [0.4, 0.5) is 7.77 Å².